The molecule has 1 aliphatic rings. The van der Waals surface area contributed by atoms with Crippen LogP contribution in [-0.4, -0.2) is 43.0 Å². The van der Waals surface area contributed by atoms with Crippen LogP contribution in [0.1, 0.15) is 23.6 Å². The summed E-state index contributed by atoms with van der Waals surface area (Å²) in [5.74, 6) is -0.659. The largest absolute Gasteiger partial charge is 0.356 e. The number of morpholine rings is 1. The average Bonchev–Trinajstić information content (AvgIpc) is 2.69. The average molecular weight is 370 g/mol. The Morgan fingerprint density at radius 2 is 1.89 bits per heavy atom. The Balaban J connectivity index is 1.60. The normalized spacial score (nSPS) is 19.8. The van der Waals surface area contributed by atoms with Gasteiger partial charge >= 0.3 is 0 Å². The summed E-state index contributed by atoms with van der Waals surface area (Å²) in [5, 5.41) is 2.85. The van der Waals surface area contributed by atoms with Gasteiger partial charge in [-0.15, -0.1) is 0 Å². The van der Waals surface area contributed by atoms with E-state index in [9.17, 15) is 14.0 Å². The molecule has 142 valence electrons. The van der Waals surface area contributed by atoms with Gasteiger partial charge in [-0.3, -0.25) is 9.59 Å². The molecule has 2 aromatic carbocycles. The number of nitrogens with zero attached hydrogens (tertiary/aromatic N) is 1. The standard InChI is InChI=1S/C21H23FN2O3/c1-24-18(25)14-27-20(19(24)16-9-3-2-4-10-16)21(26)23-13-7-11-15-8-5-6-12-17(15)22/h2-6,8-10,12,19-20H,7,11,13-14H2,1H3,(H,23,26). The molecule has 0 spiro atoms. The molecule has 0 saturated carbocycles. The molecule has 2 unspecified atom stereocenters. The number of benzene rings is 2. The molecule has 27 heavy (non-hydrogen) atoms. The summed E-state index contributed by atoms with van der Waals surface area (Å²) in [6, 6.07) is 15.5. The van der Waals surface area contributed by atoms with Crippen molar-refractivity contribution in [2.45, 2.75) is 25.0 Å². The van der Waals surface area contributed by atoms with Gasteiger partial charge in [0.15, 0.2) is 6.10 Å². The van der Waals surface area contributed by atoms with Crippen LogP contribution in [0.5, 0.6) is 0 Å². The van der Waals surface area contributed by atoms with Crippen LogP contribution in [0, 0.1) is 5.82 Å². The van der Waals surface area contributed by atoms with Gasteiger partial charge in [-0.05, 0) is 30.0 Å². The van der Waals surface area contributed by atoms with Crippen molar-refractivity contribution < 1.29 is 18.7 Å². The SMILES string of the molecule is CN1C(=O)COC(C(=O)NCCCc2ccccc2F)C1c1ccccc1. The molecule has 2 aromatic rings. The predicted molar refractivity (Wildman–Crippen MR) is 99.4 cm³/mol. The first-order valence-corrected chi connectivity index (χ1v) is 9.01. The summed E-state index contributed by atoms with van der Waals surface area (Å²) in [6.45, 7) is 0.291. The number of amides is 2. The van der Waals surface area contributed by atoms with Crippen LogP contribution < -0.4 is 5.32 Å². The molecule has 1 fully saturated rings. The molecule has 0 bridgehead atoms. The minimum absolute atomic E-state index is 0.118. The predicted octanol–water partition coefficient (Wildman–Crippen LogP) is 2.47. The van der Waals surface area contributed by atoms with Crippen molar-refractivity contribution in [2.75, 3.05) is 20.2 Å². The summed E-state index contributed by atoms with van der Waals surface area (Å²) in [5.41, 5.74) is 1.48. The van der Waals surface area contributed by atoms with E-state index in [1.54, 1.807) is 30.1 Å². The molecule has 2 atom stereocenters. The molecule has 1 N–H and O–H groups in total. The highest BCUT2D eigenvalue weighted by Gasteiger charge is 2.39. The maximum atomic E-state index is 13.6. The monoisotopic (exact) mass is 370 g/mol. The fourth-order valence-corrected chi connectivity index (χ4v) is 3.27. The Morgan fingerprint density at radius 3 is 2.63 bits per heavy atom. The van der Waals surface area contributed by atoms with Gasteiger partial charge in [0, 0.05) is 13.6 Å². The minimum Gasteiger partial charge on any atom is -0.356 e. The summed E-state index contributed by atoms with van der Waals surface area (Å²) in [7, 11) is 1.68. The van der Waals surface area contributed by atoms with Crippen molar-refractivity contribution in [1.82, 2.24) is 10.2 Å². The molecule has 0 radical (unpaired) electrons. The fourth-order valence-electron chi connectivity index (χ4n) is 3.27. The first-order valence-electron chi connectivity index (χ1n) is 9.01. The number of carbonyl (C=O) groups is 2. The van der Waals surface area contributed by atoms with Crippen LogP contribution in [-0.2, 0) is 20.7 Å². The van der Waals surface area contributed by atoms with E-state index in [2.05, 4.69) is 5.32 Å². The van der Waals surface area contributed by atoms with Gasteiger partial charge in [-0.2, -0.15) is 0 Å². The van der Waals surface area contributed by atoms with Crippen LogP contribution >= 0.6 is 0 Å². The summed E-state index contributed by atoms with van der Waals surface area (Å²) in [6.07, 6.45) is 0.381. The molecule has 6 heteroatoms. The van der Waals surface area contributed by atoms with Crippen molar-refractivity contribution in [1.29, 1.82) is 0 Å². The van der Waals surface area contributed by atoms with Crippen LogP contribution in [0.2, 0.25) is 0 Å². The third kappa shape index (κ3) is 4.52. The van der Waals surface area contributed by atoms with E-state index in [4.69, 9.17) is 4.74 Å². The lowest BCUT2D eigenvalue weighted by Gasteiger charge is -2.38. The molecule has 1 heterocycles. The first-order chi connectivity index (χ1) is 13.1. The quantitative estimate of drug-likeness (QED) is 0.795. The molecule has 0 aliphatic carbocycles. The second kappa shape index (κ2) is 8.77. The van der Waals surface area contributed by atoms with Gasteiger partial charge in [-0.25, -0.2) is 4.39 Å². The van der Waals surface area contributed by atoms with Crippen LogP contribution in [0.3, 0.4) is 0 Å². The van der Waals surface area contributed by atoms with Crippen molar-refractivity contribution in [3.8, 4) is 0 Å². The molecule has 0 aromatic heterocycles. The molecular formula is C21H23FN2O3. The van der Waals surface area contributed by atoms with E-state index >= 15 is 0 Å². The Kier molecular flexibility index (Phi) is 6.19. The number of ether oxygens (including phenoxy) is 1. The zero-order valence-electron chi connectivity index (χ0n) is 15.2. The third-order valence-electron chi connectivity index (χ3n) is 4.76. The van der Waals surface area contributed by atoms with Crippen LogP contribution in [0.4, 0.5) is 4.39 Å². The molecule has 2 amide bonds. The Labute approximate surface area is 158 Å². The van der Waals surface area contributed by atoms with Crippen molar-refractivity contribution in [2.24, 2.45) is 0 Å². The number of hydrogen-bond donors (Lipinski definition) is 1. The van der Waals surface area contributed by atoms with E-state index < -0.39 is 12.1 Å². The number of nitrogens with one attached hydrogen (secondary N) is 1. The topological polar surface area (TPSA) is 58.6 Å². The van der Waals surface area contributed by atoms with Crippen LogP contribution in [0.15, 0.2) is 54.6 Å². The van der Waals surface area contributed by atoms with Crippen molar-refractivity contribution in [3.63, 3.8) is 0 Å². The smallest absolute Gasteiger partial charge is 0.251 e. The van der Waals surface area contributed by atoms with Crippen LogP contribution in [0.25, 0.3) is 0 Å². The summed E-state index contributed by atoms with van der Waals surface area (Å²) < 4.78 is 19.2. The number of hydrogen-bond acceptors (Lipinski definition) is 3. The molecular weight excluding hydrogens is 347 g/mol. The Morgan fingerprint density at radius 1 is 1.19 bits per heavy atom. The summed E-state index contributed by atoms with van der Waals surface area (Å²) >= 11 is 0. The molecule has 1 saturated heterocycles. The molecule has 3 rings (SSSR count). The minimum atomic E-state index is -0.774. The number of rotatable bonds is 6. The number of likely N-dealkylation sites (N-methyl/N-ethyl adjacent to an activating group) is 1. The second-order valence-corrected chi connectivity index (χ2v) is 6.58. The van der Waals surface area contributed by atoms with E-state index in [0.717, 1.165) is 5.56 Å². The number of carbonyl (C=O) groups excluding carboxylic acids is 2. The fraction of sp³-hybridized carbons (Fsp3) is 0.333. The van der Waals surface area contributed by atoms with E-state index in [0.29, 0.717) is 24.9 Å². The van der Waals surface area contributed by atoms with Gasteiger partial charge in [0.1, 0.15) is 12.4 Å². The van der Waals surface area contributed by atoms with E-state index in [1.165, 1.54) is 6.07 Å². The third-order valence-corrected chi connectivity index (χ3v) is 4.76. The first kappa shape index (κ1) is 19.0. The lowest BCUT2D eigenvalue weighted by Crippen LogP contribution is -2.53. The maximum absolute atomic E-state index is 13.6. The lowest BCUT2D eigenvalue weighted by atomic mass is 9.97. The Hall–Kier alpha value is -2.73. The molecule has 1 aliphatic heterocycles. The van der Waals surface area contributed by atoms with Crippen molar-refractivity contribution in [3.05, 3.63) is 71.5 Å². The molecule has 5 nitrogen and oxygen atoms in total. The highest BCUT2D eigenvalue weighted by atomic mass is 19.1. The zero-order chi connectivity index (χ0) is 19.2. The van der Waals surface area contributed by atoms with Gasteiger partial charge in [0.2, 0.25) is 5.91 Å². The van der Waals surface area contributed by atoms with E-state index in [-0.39, 0.29) is 24.2 Å². The van der Waals surface area contributed by atoms with Gasteiger partial charge in [-0.1, -0.05) is 48.5 Å². The highest BCUT2D eigenvalue weighted by Crippen LogP contribution is 2.29. The summed E-state index contributed by atoms with van der Waals surface area (Å²) in [4.78, 5) is 26.3. The number of halogens is 1. The van der Waals surface area contributed by atoms with Gasteiger partial charge in [0.05, 0.1) is 6.04 Å². The zero-order valence-corrected chi connectivity index (χ0v) is 15.2. The van der Waals surface area contributed by atoms with Gasteiger partial charge in [0.25, 0.3) is 5.91 Å². The van der Waals surface area contributed by atoms with Gasteiger partial charge < -0.3 is 15.0 Å². The highest BCUT2D eigenvalue weighted by molar-refractivity contribution is 5.86. The Bertz CT molecular complexity index is 797. The van der Waals surface area contributed by atoms with Crippen molar-refractivity contribution >= 4 is 11.8 Å². The number of aryl methyl sites for hydroxylation is 1. The second-order valence-electron chi connectivity index (χ2n) is 6.58. The maximum Gasteiger partial charge on any atom is 0.251 e. The van der Waals surface area contributed by atoms with E-state index in [1.807, 2.05) is 30.3 Å². The lowest BCUT2D eigenvalue weighted by molar-refractivity contribution is -0.162.